The van der Waals surface area contributed by atoms with E-state index in [4.69, 9.17) is 9.15 Å². The second kappa shape index (κ2) is 6.80. The minimum absolute atomic E-state index is 0.152. The first-order valence-electron chi connectivity index (χ1n) is 7.28. The molecule has 4 nitrogen and oxygen atoms in total. The molecule has 3 rings (SSSR count). The Morgan fingerprint density at radius 3 is 2.56 bits per heavy atom. The van der Waals surface area contributed by atoms with Crippen LogP contribution in [-0.2, 0) is 17.5 Å². The van der Waals surface area contributed by atoms with Crippen molar-refractivity contribution in [1.82, 2.24) is 4.98 Å². The Balaban J connectivity index is 1.66. The van der Waals surface area contributed by atoms with Gasteiger partial charge in [-0.15, -0.1) is 0 Å². The fourth-order valence-corrected chi connectivity index (χ4v) is 2.15. The fourth-order valence-electron chi connectivity index (χ4n) is 2.15. The zero-order valence-corrected chi connectivity index (χ0v) is 12.8. The molecule has 0 aliphatic heterocycles. The predicted octanol–water partition coefficient (Wildman–Crippen LogP) is 4.72. The van der Waals surface area contributed by atoms with Crippen LogP contribution in [0.2, 0.25) is 0 Å². The lowest BCUT2D eigenvalue weighted by Gasteiger charge is -2.08. The molecule has 7 heteroatoms. The summed E-state index contributed by atoms with van der Waals surface area (Å²) in [6.45, 7) is -0.276. The molecule has 1 aromatic heterocycles. The molecule has 25 heavy (non-hydrogen) atoms. The Labute approximate surface area is 140 Å². The summed E-state index contributed by atoms with van der Waals surface area (Å²) in [4.78, 5) is 15.9. The van der Waals surface area contributed by atoms with Crippen LogP contribution in [-0.4, -0.2) is 11.0 Å². The number of alkyl halides is 3. The van der Waals surface area contributed by atoms with E-state index in [9.17, 15) is 18.0 Å². The maximum atomic E-state index is 12.7. The third-order valence-electron chi connectivity index (χ3n) is 3.36. The Hall–Kier alpha value is -3.09. The number of benzene rings is 2. The number of hydrogen-bond acceptors (Lipinski definition) is 4. The normalized spacial score (nSPS) is 11.3. The molecular weight excluding hydrogens is 335 g/mol. The van der Waals surface area contributed by atoms with E-state index in [1.54, 1.807) is 0 Å². The zero-order chi connectivity index (χ0) is 17.9. The molecule has 0 amide bonds. The number of aromatic nitrogens is 1. The second-order valence-corrected chi connectivity index (χ2v) is 5.14. The highest BCUT2D eigenvalue weighted by molar-refractivity contribution is 5.89. The standard InChI is InChI=1S/C18H12F3NO3/c19-18(20,21)14-8-4-7-13(9-14)17(23)24-11-16-22-10-15(25-16)12-5-2-1-3-6-12/h1-10H,11H2. The monoisotopic (exact) mass is 347 g/mol. The smallest absolute Gasteiger partial charge is 0.416 e. The van der Waals surface area contributed by atoms with Crippen LogP contribution in [0.3, 0.4) is 0 Å². The van der Waals surface area contributed by atoms with Gasteiger partial charge in [-0.3, -0.25) is 0 Å². The van der Waals surface area contributed by atoms with Gasteiger partial charge in [-0.25, -0.2) is 9.78 Å². The molecule has 0 spiro atoms. The van der Waals surface area contributed by atoms with Gasteiger partial charge in [0.15, 0.2) is 12.4 Å². The number of carbonyl (C=O) groups excluding carboxylic acids is 1. The summed E-state index contributed by atoms with van der Waals surface area (Å²) in [5.41, 5.74) is -0.292. The molecule has 0 bridgehead atoms. The predicted molar refractivity (Wildman–Crippen MR) is 82.5 cm³/mol. The van der Waals surface area contributed by atoms with E-state index in [1.807, 2.05) is 30.3 Å². The van der Waals surface area contributed by atoms with Gasteiger partial charge in [0.25, 0.3) is 0 Å². The van der Waals surface area contributed by atoms with Crippen molar-refractivity contribution in [3.63, 3.8) is 0 Å². The first kappa shape index (κ1) is 16.8. The summed E-state index contributed by atoms with van der Waals surface area (Å²) in [6.07, 6.45) is -3.04. The maximum Gasteiger partial charge on any atom is 0.416 e. The van der Waals surface area contributed by atoms with Crippen LogP contribution in [0.5, 0.6) is 0 Å². The fraction of sp³-hybridized carbons (Fsp3) is 0.111. The molecule has 0 aliphatic carbocycles. The quantitative estimate of drug-likeness (QED) is 0.641. The molecule has 2 aromatic carbocycles. The summed E-state index contributed by atoms with van der Waals surface area (Å²) in [7, 11) is 0. The highest BCUT2D eigenvalue weighted by atomic mass is 19.4. The summed E-state index contributed by atoms with van der Waals surface area (Å²) in [5, 5.41) is 0. The third kappa shape index (κ3) is 4.06. The van der Waals surface area contributed by atoms with Gasteiger partial charge >= 0.3 is 12.1 Å². The molecule has 0 fully saturated rings. The number of carbonyl (C=O) groups is 1. The lowest BCUT2D eigenvalue weighted by molar-refractivity contribution is -0.137. The van der Waals surface area contributed by atoms with Gasteiger partial charge in [-0.1, -0.05) is 36.4 Å². The minimum atomic E-state index is -4.52. The first-order valence-corrected chi connectivity index (χ1v) is 7.28. The Kier molecular flexibility index (Phi) is 4.56. The third-order valence-corrected chi connectivity index (χ3v) is 3.36. The largest absolute Gasteiger partial charge is 0.452 e. The van der Waals surface area contributed by atoms with Gasteiger partial charge in [-0.2, -0.15) is 13.2 Å². The molecule has 0 radical (unpaired) electrons. The lowest BCUT2D eigenvalue weighted by atomic mass is 10.1. The van der Waals surface area contributed by atoms with Gasteiger partial charge in [0, 0.05) is 5.56 Å². The topological polar surface area (TPSA) is 52.3 Å². The number of halogens is 3. The van der Waals surface area contributed by atoms with Crippen LogP contribution in [0, 0.1) is 0 Å². The van der Waals surface area contributed by atoms with Crippen molar-refractivity contribution in [2.24, 2.45) is 0 Å². The van der Waals surface area contributed by atoms with Crippen molar-refractivity contribution in [3.05, 3.63) is 77.8 Å². The summed E-state index contributed by atoms with van der Waals surface area (Å²) in [6, 6.07) is 13.2. The van der Waals surface area contributed by atoms with Crippen molar-refractivity contribution >= 4 is 5.97 Å². The molecule has 0 unspecified atom stereocenters. The van der Waals surface area contributed by atoms with Gasteiger partial charge in [0.05, 0.1) is 17.3 Å². The molecule has 1 heterocycles. The minimum Gasteiger partial charge on any atom is -0.452 e. The van der Waals surface area contributed by atoms with E-state index in [0.29, 0.717) is 5.76 Å². The van der Waals surface area contributed by atoms with Crippen LogP contribution in [0.4, 0.5) is 13.2 Å². The molecule has 0 N–H and O–H groups in total. The van der Waals surface area contributed by atoms with Crippen molar-refractivity contribution in [1.29, 1.82) is 0 Å². The van der Waals surface area contributed by atoms with E-state index in [2.05, 4.69) is 4.98 Å². The Bertz CT molecular complexity index is 873. The van der Waals surface area contributed by atoms with Crippen LogP contribution in [0.1, 0.15) is 21.8 Å². The molecular formula is C18H12F3NO3. The van der Waals surface area contributed by atoms with Crippen LogP contribution in [0.15, 0.2) is 65.2 Å². The molecule has 0 aliphatic rings. The van der Waals surface area contributed by atoms with E-state index in [0.717, 1.165) is 23.8 Å². The molecule has 3 aromatic rings. The molecule has 0 saturated heterocycles. The van der Waals surface area contributed by atoms with Crippen molar-refractivity contribution in [2.45, 2.75) is 12.8 Å². The van der Waals surface area contributed by atoms with Crippen molar-refractivity contribution in [2.75, 3.05) is 0 Å². The second-order valence-electron chi connectivity index (χ2n) is 5.14. The number of ether oxygens (including phenoxy) is 1. The van der Waals surface area contributed by atoms with Gasteiger partial charge < -0.3 is 9.15 Å². The van der Waals surface area contributed by atoms with E-state index in [1.165, 1.54) is 12.3 Å². The van der Waals surface area contributed by atoms with Crippen LogP contribution in [0.25, 0.3) is 11.3 Å². The highest BCUT2D eigenvalue weighted by Gasteiger charge is 2.31. The van der Waals surface area contributed by atoms with E-state index < -0.39 is 17.7 Å². The average Bonchev–Trinajstić information content (AvgIpc) is 3.09. The van der Waals surface area contributed by atoms with Gasteiger partial charge in [-0.05, 0) is 18.2 Å². The van der Waals surface area contributed by atoms with Crippen molar-refractivity contribution in [3.8, 4) is 11.3 Å². The highest BCUT2D eigenvalue weighted by Crippen LogP contribution is 2.29. The Morgan fingerprint density at radius 1 is 1.08 bits per heavy atom. The maximum absolute atomic E-state index is 12.7. The zero-order valence-electron chi connectivity index (χ0n) is 12.8. The summed E-state index contributed by atoms with van der Waals surface area (Å²) in [5.74, 6) is -0.226. The molecule has 128 valence electrons. The lowest BCUT2D eigenvalue weighted by Crippen LogP contribution is -2.09. The van der Waals surface area contributed by atoms with Crippen LogP contribution < -0.4 is 0 Å². The summed E-state index contributed by atoms with van der Waals surface area (Å²) < 4.78 is 48.4. The van der Waals surface area contributed by atoms with Gasteiger partial charge in [0.1, 0.15) is 0 Å². The number of oxazole rings is 1. The number of hydrogen-bond donors (Lipinski definition) is 0. The number of rotatable bonds is 4. The van der Waals surface area contributed by atoms with Gasteiger partial charge in [0.2, 0.25) is 5.89 Å². The SMILES string of the molecule is O=C(OCc1ncc(-c2ccccc2)o1)c1cccc(C(F)(F)F)c1. The average molecular weight is 347 g/mol. The van der Waals surface area contributed by atoms with Crippen LogP contribution >= 0.6 is 0 Å². The van der Waals surface area contributed by atoms with Crippen molar-refractivity contribution < 1.29 is 27.1 Å². The summed E-state index contributed by atoms with van der Waals surface area (Å²) >= 11 is 0. The number of nitrogens with zero attached hydrogens (tertiary/aromatic N) is 1. The number of esters is 1. The first-order chi connectivity index (χ1) is 11.9. The Morgan fingerprint density at radius 2 is 1.84 bits per heavy atom. The van der Waals surface area contributed by atoms with E-state index in [-0.39, 0.29) is 18.1 Å². The van der Waals surface area contributed by atoms with E-state index >= 15 is 0 Å². The molecule has 0 saturated carbocycles. The molecule has 0 atom stereocenters.